The lowest BCUT2D eigenvalue weighted by molar-refractivity contribution is 0.0980. The molecule has 16 heavy (non-hydrogen) atoms. The van der Waals surface area contributed by atoms with Gasteiger partial charge < -0.3 is 10.4 Å². The zero-order valence-electron chi connectivity index (χ0n) is 11.4. The Morgan fingerprint density at radius 2 is 1.94 bits per heavy atom. The summed E-state index contributed by atoms with van der Waals surface area (Å²) in [4.78, 5) is 0. The fourth-order valence-corrected chi connectivity index (χ4v) is 2.90. The molecule has 2 N–H and O–H groups in total. The Bertz CT molecular complexity index is 197. The summed E-state index contributed by atoms with van der Waals surface area (Å²) < 4.78 is 0. The summed E-state index contributed by atoms with van der Waals surface area (Å²) in [7, 11) is 0. The molecule has 0 amide bonds. The number of hydrogen-bond acceptors (Lipinski definition) is 2. The monoisotopic (exact) mass is 227 g/mol. The zero-order chi connectivity index (χ0) is 12.2. The van der Waals surface area contributed by atoms with Gasteiger partial charge in [-0.3, -0.25) is 0 Å². The molecule has 0 saturated heterocycles. The molecule has 2 unspecified atom stereocenters. The van der Waals surface area contributed by atoms with Crippen molar-refractivity contribution in [2.75, 3.05) is 6.54 Å². The van der Waals surface area contributed by atoms with Crippen molar-refractivity contribution in [1.82, 2.24) is 5.32 Å². The van der Waals surface area contributed by atoms with Crippen LogP contribution in [-0.2, 0) is 0 Å². The highest BCUT2D eigenvalue weighted by atomic mass is 16.3. The van der Waals surface area contributed by atoms with Crippen LogP contribution in [0.3, 0.4) is 0 Å². The molecule has 0 heterocycles. The highest BCUT2D eigenvalue weighted by molar-refractivity contribution is 4.87. The number of nitrogens with one attached hydrogen (secondary N) is 1. The average molecular weight is 227 g/mol. The minimum Gasteiger partial charge on any atom is -0.392 e. The molecule has 2 heteroatoms. The Hall–Kier alpha value is -0.0800. The van der Waals surface area contributed by atoms with Crippen LogP contribution >= 0.6 is 0 Å². The van der Waals surface area contributed by atoms with Crippen LogP contribution < -0.4 is 5.32 Å². The van der Waals surface area contributed by atoms with Gasteiger partial charge in [-0.2, -0.15) is 0 Å². The third kappa shape index (κ3) is 4.06. The first kappa shape index (κ1) is 14.0. The molecule has 1 saturated carbocycles. The summed E-state index contributed by atoms with van der Waals surface area (Å²) in [6.45, 7) is 9.78. The average Bonchev–Trinajstić information content (AvgIpc) is 2.57. The van der Waals surface area contributed by atoms with Crippen LogP contribution in [0.15, 0.2) is 0 Å². The standard InChI is InChI=1S/C14H29NO/c1-5-11(6-2)13(16)10-15-12-7-8-14(3,4)9-12/h11-13,15-16H,5-10H2,1-4H3. The third-order valence-electron chi connectivity index (χ3n) is 4.18. The van der Waals surface area contributed by atoms with Crippen LogP contribution in [-0.4, -0.2) is 23.8 Å². The minimum atomic E-state index is -0.168. The van der Waals surface area contributed by atoms with E-state index in [1.807, 2.05) is 0 Å². The highest BCUT2D eigenvalue weighted by Gasteiger charge is 2.31. The Balaban J connectivity index is 2.24. The topological polar surface area (TPSA) is 32.3 Å². The number of rotatable bonds is 6. The summed E-state index contributed by atoms with van der Waals surface area (Å²) >= 11 is 0. The van der Waals surface area contributed by atoms with Gasteiger partial charge in [0.15, 0.2) is 0 Å². The van der Waals surface area contributed by atoms with E-state index in [1.54, 1.807) is 0 Å². The molecule has 2 atom stereocenters. The van der Waals surface area contributed by atoms with Gasteiger partial charge in [-0.15, -0.1) is 0 Å². The van der Waals surface area contributed by atoms with Crippen molar-refractivity contribution in [1.29, 1.82) is 0 Å². The number of aliphatic hydroxyl groups excluding tert-OH is 1. The normalized spacial score (nSPS) is 26.2. The van der Waals surface area contributed by atoms with Gasteiger partial charge in [0.1, 0.15) is 0 Å². The fraction of sp³-hybridized carbons (Fsp3) is 1.00. The molecule has 0 spiro atoms. The van der Waals surface area contributed by atoms with E-state index in [4.69, 9.17) is 0 Å². The van der Waals surface area contributed by atoms with Crippen molar-refractivity contribution in [2.24, 2.45) is 11.3 Å². The predicted molar refractivity (Wildman–Crippen MR) is 69.5 cm³/mol. The van der Waals surface area contributed by atoms with Crippen molar-refractivity contribution in [3.05, 3.63) is 0 Å². The lowest BCUT2D eigenvalue weighted by Gasteiger charge is -2.23. The first-order chi connectivity index (χ1) is 7.48. The van der Waals surface area contributed by atoms with Crippen LogP contribution in [0.2, 0.25) is 0 Å². The molecule has 1 aliphatic rings. The molecule has 1 aliphatic carbocycles. The molecular formula is C14H29NO. The summed E-state index contributed by atoms with van der Waals surface area (Å²) in [5.41, 5.74) is 0.498. The quantitative estimate of drug-likeness (QED) is 0.731. The van der Waals surface area contributed by atoms with Gasteiger partial charge >= 0.3 is 0 Å². The van der Waals surface area contributed by atoms with Gasteiger partial charge in [-0.1, -0.05) is 40.5 Å². The van der Waals surface area contributed by atoms with E-state index in [0.717, 1.165) is 19.4 Å². The van der Waals surface area contributed by atoms with Crippen LogP contribution in [0.4, 0.5) is 0 Å². The smallest absolute Gasteiger partial charge is 0.0692 e. The van der Waals surface area contributed by atoms with Crippen molar-refractivity contribution in [3.8, 4) is 0 Å². The Morgan fingerprint density at radius 3 is 2.38 bits per heavy atom. The lowest BCUT2D eigenvalue weighted by Crippen LogP contribution is -2.37. The molecule has 2 nitrogen and oxygen atoms in total. The van der Waals surface area contributed by atoms with Crippen LogP contribution in [0.5, 0.6) is 0 Å². The number of hydrogen-bond donors (Lipinski definition) is 2. The van der Waals surface area contributed by atoms with E-state index < -0.39 is 0 Å². The largest absolute Gasteiger partial charge is 0.392 e. The van der Waals surface area contributed by atoms with Crippen molar-refractivity contribution >= 4 is 0 Å². The minimum absolute atomic E-state index is 0.168. The number of aliphatic hydroxyl groups is 1. The van der Waals surface area contributed by atoms with Crippen molar-refractivity contribution in [3.63, 3.8) is 0 Å². The molecule has 1 rings (SSSR count). The molecule has 1 fully saturated rings. The van der Waals surface area contributed by atoms with Gasteiger partial charge in [-0.25, -0.2) is 0 Å². The zero-order valence-corrected chi connectivity index (χ0v) is 11.4. The third-order valence-corrected chi connectivity index (χ3v) is 4.18. The summed E-state index contributed by atoms with van der Waals surface area (Å²) in [5.74, 6) is 0.460. The molecule has 0 aliphatic heterocycles. The van der Waals surface area contributed by atoms with Crippen LogP contribution in [0.1, 0.15) is 59.8 Å². The summed E-state index contributed by atoms with van der Waals surface area (Å²) in [6, 6.07) is 0.624. The first-order valence-electron chi connectivity index (χ1n) is 6.90. The maximum atomic E-state index is 10.0. The van der Waals surface area contributed by atoms with E-state index in [2.05, 4.69) is 33.0 Å². The Kier molecular flexibility index (Phi) is 5.26. The molecule has 0 radical (unpaired) electrons. The molecule has 0 bridgehead atoms. The molecular weight excluding hydrogens is 198 g/mol. The second-order valence-electron chi connectivity index (χ2n) is 6.16. The fourth-order valence-electron chi connectivity index (χ4n) is 2.90. The van der Waals surface area contributed by atoms with Crippen molar-refractivity contribution in [2.45, 2.75) is 71.9 Å². The van der Waals surface area contributed by atoms with Crippen molar-refractivity contribution < 1.29 is 5.11 Å². The van der Waals surface area contributed by atoms with E-state index in [-0.39, 0.29) is 6.10 Å². The predicted octanol–water partition coefficient (Wildman–Crippen LogP) is 2.95. The molecule has 0 aromatic rings. The second-order valence-corrected chi connectivity index (χ2v) is 6.16. The van der Waals surface area contributed by atoms with Gasteiger partial charge in [0, 0.05) is 12.6 Å². The van der Waals surface area contributed by atoms with E-state index in [1.165, 1.54) is 19.3 Å². The SMILES string of the molecule is CCC(CC)C(O)CNC1CCC(C)(C)C1. The molecule has 0 aromatic heterocycles. The van der Waals surface area contributed by atoms with Crippen LogP contribution in [0, 0.1) is 11.3 Å². The van der Waals surface area contributed by atoms with Gasteiger partial charge in [0.05, 0.1) is 6.10 Å². The summed E-state index contributed by atoms with van der Waals surface area (Å²) in [6.07, 6.45) is 5.82. The second kappa shape index (κ2) is 6.02. The highest BCUT2D eigenvalue weighted by Crippen LogP contribution is 2.36. The van der Waals surface area contributed by atoms with Crippen LogP contribution in [0.25, 0.3) is 0 Å². The Labute approximate surface area is 101 Å². The van der Waals surface area contributed by atoms with Gasteiger partial charge in [-0.05, 0) is 30.6 Å². The molecule has 96 valence electrons. The summed E-state index contributed by atoms with van der Waals surface area (Å²) in [5, 5.41) is 13.6. The van der Waals surface area contributed by atoms with E-state index >= 15 is 0 Å². The maximum absolute atomic E-state index is 10.0. The lowest BCUT2D eigenvalue weighted by atomic mass is 9.91. The first-order valence-corrected chi connectivity index (χ1v) is 6.90. The Morgan fingerprint density at radius 1 is 1.31 bits per heavy atom. The maximum Gasteiger partial charge on any atom is 0.0692 e. The van der Waals surface area contributed by atoms with E-state index in [9.17, 15) is 5.11 Å². The van der Waals surface area contributed by atoms with Gasteiger partial charge in [0.25, 0.3) is 0 Å². The molecule has 0 aromatic carbocycles. The van der Waals surface area contributed by atoms with E-state index in [0.29, 0.717) is 17.4 Å². The van der Waals surface area contributed by atoms with Gasteiger partial charge in [0.2, 0.25) is 0 Å².